The molecule has 36 heavy (non-hydrogen) atoms. The molecule has 1 saturated heterocycles. The number of imidazole rings is 1. The summed E-state index contributed by atoms with van der Waals surface area (Å²) in [5.41, 5.74) is 11.1. The van der Waals surface area contributed by atoms with Gasteiger partial charge < -0.3 is 26.1 Å². The van der Waals surface area contributed by atoms with Crippen LogP contribution in [0, 0.1) is 0 Å². The maximum Gasteiger partial charge on any atom is 0.407 e. The standard InChI is InChI=1S/C28H27N5O3/c29-25(34)21-10-5-11-23-24(21)32-26(31-23)28(12-14-30-15-13-28)33-27(35)36-16-22-19-8-3-1-6-17(19)18-7-2-4-9-20(18)22/h1-11,22,30H,12-16H2,(H2,29,34)(H,31,32)(H,33,35). The first-order chi connectivity index (χ1) is 17.6. The first-order valence-electron chi connectivity index (χ1n) is 12.2. The molecule has 2 aliphatic rings. The van der Waals surface area contributed by atoms with E-state index in [1.165, 1.54) is 22.3 Å². The molecule has 0 atom stereocenters. The van der Waals surface area contributed by atoms with Gasteiger partial charge in [-0.25, -0.2) is 9.78 Å². The van der Waals surface area contributed by atoms with E-state index in [0.29, 0.717) is 48.4 Å². The first-order valence-corrected chi connectivity index (χ1v) is 12.2. The van der Waals surface area contributed by atoms with Gasteiger partial charge in [0.2, 0.25) is 0 Å². The van der Waals surface area contributed by atoms with Crippen LogP contribution < -0.4 is 16.4 Å². The number of piperidine rings is 1. The van der Waals surface area contributed by atoms with Crippen molar-refractivity contribution in [1.82, 2.24) is 20.6 Å². The lowest BCUT2D eigenvalue weighted by molar-refractivity contribution is 0.100. The van der Waals surface area contributed by atoms with Crippen molar-refractivity contribution >= 4 is 23.0 Å². The van der Waals surface area contributed by atoms with Gasteiger partial charge in [-0.3, -0.25) is 4.79 Å². The molecule has 5 N–H and O–H groups in total. The SMILES string of the molecule is NC(=O)c1cccc2[nH]c(C3(NC(=O)OCC4c5ccccc5-c5ccccc54)CCNCC3)nc12. The Morgan fingerprint density at radius 3 is 2.31 bits per heavy atom. The van der Waals surface area contributed by atoms with Crippen molar-refractivity contribution in [2.75, 3.05) is 19.7 Å². The van der Waals surface area contributed by atoms with Crippen molar-refractivity contribution < 1.29 is 14.3 Å². The summed E-state index contributed by atoms with van der Waals surface area (Å²) in [5, 5.41) is 6.46. The molecule has 0 radical (unpaired) electrons. The number of nitrogens with zero attached hydrogens (tertiary/aromatic N) is 1. The van der Waals surface area contributed by atoms with Gasteiger partial charge in [-0.2, -0.15) is 0 Å². The zero-order valence-electron chi connectivity index (χ0n) is 19.7. The van der Waals surface area contributed by atoms with Crippen molar-refractivity contribution in [2.24, 2.45) is 5.73 Å². The molecule has 2 heterocycles. The Morgan fingerprint density at radius 1 is 0.972 bits per heavy atom. The van der Waals surface area contributed by atoms with Gasteiger partial charge in [-0.05, 0) is 60.3 Å². The number of alkyl carbamates (subject to hydrolysis) is 1. The molecule has 8 nitrogen and oxygen atoms in total. The quantitative estimate of drug-likeness (QED) is 0.346. The molecule has 0 saturated carbocycles. The van der Waals surface area contributed by atoms with Crippen molar-refractivity contribution in [3.05, 3.63) is 89.2 Å². The van der Waals surface area contributed by atoms with E-state index in [-0.39, 0.29) is 12.5 Å². The summed E-state index contributed by atoms with van der Waals surface area (Å²) in [6, 6.07) is 21.8. The third kappa shape index (κ3) is 3.70. The summed E-state index contributed by atoms with van der Waals surface area (Å²) < 4.78 is 5.84. The summed E-state index contributed by atoms with van der Waals surface area (Å²) in [5.74, 6) is 0.0418. The fraction of sp³-hybridized carbons (Fsp3) is 0.250. The Kier molecular flexibility index (Phi) is 5.45. The van der Waals surface area contributed by atoms with Crippen LogP contribution in [0.5, 0.6) is 0 Å². The summed E-state index contributed by atoms with van der Waals surface area (Å²) in [6.07, 6.45) is 0.764. The van der Waals surface area contributed by atoms with Gasteiger partial charge in [0.25, 0.3) is 5.91 Å². The monoisotopic (exact) mass is 481 g/mol. The molecule has 8 heteroatoms. The van der Waals surface area contributed by atoms with E-state index < -0.39 is 17.5 Å². The number of H-pyrrole nitrogens is 1. The van der Waals surface area contributed by atoms with Crippen LogP contribution in [0.3, 0.4) is 0 Å². The lowest BCUT2D eigenvalue weighted by atomic mass is 9.87. The van der Waals surface area contributed by atoms with E-state index >= 15 is 0 Å². The number of primary amides is 1. The fourth-order valence-corrected chi connectivity index (χ4v) is 5.56. The second-order valence-electron chi connectivity index (χ2n) is 9.43. The number of amides is 2. The Bertz CT molecular complexity index is 1430. The minimum absolute atomic E-state index is 0.0172. The van der Waals surface area contributed by atoms with Crippen LogP contribution >= 0.6 is 0 Å². The smallest absolute Gasteiger partial charge is 0.407 e. The van der Waals surface area contributed by atoms with Gasteiger partial charge in [0, 0.05) is 5.92 Å². The molecule has 3 aromatic carbocycles. The largest absolute Gasteiger partial charge is 0.449 e. The fourth-order valence-electron chi connectivity index (χ4n) is 5.56. The van der Waals surface area contributed by atoms with Gasteiger partial charge in [-0.1, -0.05) is 54.6 Å². The highest BCUT2D eigenvalue weighted by Gasteiger charge is 2.39. The Hall–Kier alpha value is -4.17. The number of hydrogen-bond donors (Lipinski definition) is 4. The Balaban J connectivity index is 1.26. The van der Waals surface area contributed by atoms with Crippen molar-refractivity contribution in [2.45, 2.75) is 24.3 Å². The molecule has 1 aromatic heterocycles. The van der Waals surface area contributed by atoms with E-state index in [2.05, 4.69) is 39.9 Å². The van der Waals surface area contributed by atoms with Crippen molar-refractivity contribution in [3.63, 3.8) is 0 Å². The van der Waals surface area contributed by atoms with Crippen LogP contribution in [-0.4, -0.2) is 41.7 Å². The number of para-hydroxylation sites is 1. The van der Waals surface area contributed by atoms with Crippen molar-refractivity contribution in [3.8, 4) is 11.1 Å². The minimum atomic E-state index is -0.748. The molecule has 1 fully saturated rings. The first kappa shape index (κ1) is 22.3. The molecule has 0 bridgehead atoms. The Morgan fingerprint density at radius 2 is 1.64 bits per heavy atom. The molecule has 182 valence electrons. The molecule has 1 aliphatic carbocycles. The number of fused-ring (bicyclic) bond motifs is 4. The summed E-state index contributed by atoms with van der Waals surface area (Å²) in [6.45, 7) is 1.66. The molecule has 4 aromatic rings. The normalized spacial score (nSPS) is 16.3. The van der Waals surface area contributed by atoms with Crippen LogP contribution in [0.4, 0.5) is 4.79 Å². The van der Waals surface area contributed by atoms with Crippen LogP contribution in [0.15, 0.2) is 66.7 Å². The second kappa shape index (κ2) is 8.80. The number of nitrogens with one attached hydrogen (secondary N) is 3. The van der Waals surface area contributed by atoms with Gasteiger partial charge in [-0.15, -0.1) is 0 Å². The molecule has 6 rings (SSSR count). The van der Waals surface area contributed by atoms with Gasteiger partial charge >= 0.3 is 6.09 Å². The topological polar surface area (TPSA) is 122 Å². The number of ether oxygens (including phenoxy) is 1. The number of carbonyl (C=O) groups is 2. The average Bonchev–Trinajstić information content (AvgIpc) is 3.48. The minimum Gasteiger partial charge on any atom is -0.449 e. The molecular formula is C28H27N5O3. The van der Waals surface area contributed by atoms with E-state index in [9.17, 15) is 9.59 Å². The molecular weight excluding hydrogens is 454 g/mol. The zero-order chi connectivity index (χ0) is 24.7. The van der Waals surface area contributed by atoms with Crippen LogP contribution in [0.1, 0.15) is 46.1 Å². The van der Waals surface area contributed by atoms with E-state index in [1.54, 1.807) is 12.1 Å². The summed E-state index contributed by atoms with van der Waals surface area (Å²) in [4.78, 5) is 33.1. The van der Waals surface area contributed by atoms with Crippen LogP contribution in [0.2, 0.25) is 0 Å². The highest BCUT2D eigenvalue weighted by molar-refractivity contribution is 6.04. The molecule has 0 unspecified atom stereocenters. The summed E-state index contributed by atoms with van der Waals surface area (Å²) >= 11 is 0. The lowest BCUT2D eigenvalue weighted by Gasteiger charge is -2.36. The number of benzene rings is 3. The van der Waals surface area contributed by atoms with Crippen LogP contribution in [0.25, 0.3) is 22.2 Å². The number of carbonyl (C=O) groups excluding carboxylic acids is 2. The van der Waals surface area contributed by atoms with Gasteiger partial charge in [0.05, 0.1) is 11.1 Å². The van der Waals surface area contributed by atoms with Gasteiger partial charge in [0.1, 0.15) is 23.5 Å². The Labute approximate surface area is 208 Å². The average molecular weight is 482 g/mol. The van der Waals surface area contributed by atoms with Gasteiger partial charge in [0.15, 0.2) is 0 Å². The predicted octanol–water partition coefficient (Wildman–Crippen LogP) is 3.78. The highest BCUT2D eigenvalue weighted by atomic mass is 16.5. The van der Waals surface area contributed by atoms with E-state index in [0.717, 1.165) is 0 Å². The summed E-state index contributed by atoms with van der Waals surface area (Å²) in [7, 11) is 0. The number of hydrogen-bond acceptors (Lipinski definition) is 5. The van der Waals surface area contributed by atoms with Crippen molar-refractivity contribution in [1.29, 1.82) is 0 Å². The molecule has 2 amide bonds. The second-order valence-corrected chi connectivity index (χ2v) is 9.43. The lowest BCUT2D eigenvalue weighted by Crippen LogP contribution is -2.53. The third-order valence-corrected chi connectivity index (χ3v) is 7.37. The number of nitrogens with two attached hydrogens (primary N) is 1. The van der Waals surface area contributed by atoms with Crippen LogP contribution in [-0.2, 0) is 10.3 Å². The van der Waals surface area contributed by atoms with E-state index in [4.69, 9.17) is 15.5 Å². The number of aromatic nitrogens is 2. The van der Waals surface area contributed by atoms with E-state index in [1.807, 2.05) is 30.3 Å². The predicted molar refractivity (Wildman–Crippen MR) is 137 cm³/mol. The third-order valence-electron chi connectivity index (χ3n) is 7.37. The molecule has 0 spiro atoms. The number of aromatic amines is 1. The maximum absolute atomic E-state index is 13.2. The zero-order valence-corrected chi connectivity index (χ0v) is 19.7. The highest BCUT2D eigenvalue weighted by Crippen LogP contribution is 2.44. The maximum atomic E-state index is 13.2. The number of rotatable bonds is 5. The molecule has 1 aliphatic heterocycles.